The number of benzene rings is 1. The third kappa shape index (κ3) is 5.40. The number of hydrogen-bond acceptors (Lipinski definition) is 3. The van der Waals surface area contributed by atoms with Crippen molar-refractivity contribution in [1.82, 2.24) is 15.1 Å². The zero-order valence-electron chi connectivity index (χ0n) is 12.6. The molecule has 21 heavy (non-hydrogen) atoms. The highest BCUT2D eigenvalue weighted by Gasteiger charge is 2.09. The predicted molar refractivity (Wildman–Crippen MR) is 85.9 cm³/mol. The van der Waals surface area contributed by atoms with Crippen molar-refractivity contribution in [3.63, 3.8) is 0 Å². The zero-order chi connectivity index (χ0) is 15.1. The quantitative estimate of drug-likeness (QED) is 0.814. The first-order valence-corrected chi connectivity index (χ1v) is 7.64. The summed E-state index contributed by atoms with van der Waals surface area (Å²) in [7, 11) is 1.94. The average molecular weight is 308 g/mol. The van der Waals surface area contributed by atoms with Gasteiger partial charge >= 0.3 is 0 Å². The minimum atomic E-state index is 0.325. The molecular formula is C16H22ClN3O. The summed E-state index contributed by atoms with van der Waals surface area (Å²) in [6.07, 6.45) is 5.99. The molecule has 0 saturated carbocycles. The monoisotopic (exact) mass is 307 g/mol. The summed E-state index contributed by atoms with van der Waals surface area (Å²) in [6.45, 7) is 3.69. The fraction of sp³-hybridized carbons (Fsp3) is 0.438. The molecule has 0 bridgehead atoms. The molecule has 0 amide bonds. The maximum Gasteiger partial charge on any atom is 0.119 e. The number of nitrogens with one attached hydrogen (secondary N) is 1. The van der Waals surface area contributed by atoms with Crippen LogP contribution in [0.5, 0.6) is 5.75 Å². The molecule has 0 aliphatic heterocycles. The number of nitrogens with zero attached hydrogens (tertiary/aromatic N) is 2. The molecule has 1 heterocycles. The molecule has 0 aliphatic carbocycles. The molecule has 0 radical (unpaired) electrons. The van der Waals surface area contributed by atoms with Gasteiger partial charge in [0.2, 0.25) is 0 Å². The summed E-state index contributed by atoms with van der Waals surface area (Å²) in [4.78, 5) is 0. The molecule has 5 heteroatoms. The molecule has 0 fully saturated rings. The summed E-state index contributed by atoms with van der Waals surface area (Å²) in [5, 5.41) is 8.38. The minimum Gasteiger partial charge on any atom is -0.492 e. The van der Waals surface area contributed by atoms with E-state index in [9.17, 15) is 0 Å². The van der Waals surface area contributed by atoms with E-state index in [1.165, 1.54) is 5.56 Å². The van der Waals surface area contributed by atoms with Gasteiger partial charge in [-0.25, -0.2) is 0 Å². The molecule has 1 atom stereocenters. The van der Waals surface area contributed by atoms with Gasteiger partial charge in [0.1, 0.15) is 12.4 Å². The lowest BCUT2D eigenvalue weighted by molar-refractivity contribution is 0.258. The van der Waals surface area contributed by atoms with Crippen molar-refractivity contribution in [2.45, 2.75) is 25.8 Å². The molecule has 4 nitrogen and oxygen atoms in total. The highest BCUT2D eigenvalue weighted by Crippen LogP contribution is 2.16. The summed E-state index contributed by atoms with van der Waals surface area (Å²) in [6, 6.07) is 7.80. The van der Waals surface area contributed by atoms with E-state index in [2.05, 4.69) is 23.5 Å². The van der Waals surface area contributed by atoms with Crippen LogP contribution in [0, 0.1) is 0 Å². The third-order valence-electron chi connectivity index (χ3n) is 3.30. The molecule has 1 aromatic heterocycles. The van der Waals surface area contributed by atoms with E-state index in [1.54, 1.807) is 0 Å². The fourth-order valence-corrected chi connectivity index (χ4v) is 2.33. The van der Waals surface area contributed by atoms with Gasteiger partial charge in [-0.3, -0.25) is 4.68 Å². The first kappa shape index (κ1) is 15.9. The molecule has 114 valence electrons. The van der Waals surface area contributed by atoms with Gasteiger partial charge < -0.3 is 10.1 Å². The molecule has 1 aromatic carbocycles. The van der Waals surface area contributed by atoms with Crippen LogP contribution in [0.1, 0.15) is 18.9 Å². The van der Waals surface area contributed by atoms with E-state index in [0.717, 1.165) is 30.2 Å². The lowest BCUT2D eigenvalue weighted by atomic mass is 10.1. The van der Waals surface area contributed by atoms with Gasteiger partial charge in [-0.05, 0) is 49.2 Å². The van der Waals surface area contributed by atoms with E-state index >= 15 is 0 Å². The highest BCUT2D eigenvalue weighted by molar-refractivity contribution is 6.30. The fourth-order valence-electron chi connectivity index (χ4n) is 2.20. The molecule has 0 spiro atoms. The highest BCUT2D eigenvalue weighted by atomic mass is 35.5. The Labute approximate surface area is 131 Å². The average Bonchev–Trinajstić information content (AvgIpc) is 2.89. The van der Waals surface area contributed by atoms with Crippen LogP contribution < -0.4 is 10.1 Å². The van der Waals surface area contributed by atoms with Crippen LogP contribution in [0.25, 0.3) is 0 Å². The minimum absolute atomic E-state index is 0.325. The largest absolute Gasteiger partial charge is 0.492 e. The lowest BCUT2D eigenvalue weighted by Crippen LogP contribution is -2.35. The smallest absolute Gasteiger partial charge is 0.119 e. The normalized spacial score (nSPS) is 12.3. The van der Waals surface area contributed by atoms with Gasteiger partial charge in [-0.1, -0.05) is 18.5 Å². The summed E-state index contributed by atoms with van der Waals surface area (Å²) in [5.74, 6) is 0.851. The van der Waals surface area contributed by atoms with Gasteiger partial charge in [0.15, 0.2) is 0 Å². The Kier molecular flexibility index (Phi) is 6.08. The topological polar surface area (TPSA) is 39.1 Å². The number of rotatable bonds is 8. The molecular weight excluding hydrogens is 286 g/mol. The molecule has 2 aromatic rings. The van der Waals surface area contributed by atoms with Crippen LogP contribution in [-0.2, 0) is 13.5 Å². The number of hydrogen-bond donors (Lipinski definition) is 1. The van der Waals surface area contributed by atoms with Gasteiger partial charge in [0.25, 0.3) is 0 Å². The number of ether oxygens (including phenoxy) is 1. The first-order chi connectivity index (χ1) is 10.2. The second-order valence-electron chi connectivity index (χ2n) is 5.08. The third-order valence-corrected chi connectivity index (χ3v) is 3.55. The standard InChI is InChI=1S/C16H22ClN3O/c1-3-18-15(7-4-13-10-19-20(2)11-13)12-21-16-8-5-14(17)6-9-16/h5-6,8-11,15,18H,3-4,7,12H2,1-2H3. The van der Waals surface area contributed by atoms with Crippen molar-refractivity contribution in [1.29, 1.82) is 0 Å². The maximum absolute atomic E-state index is 5.87. The second-order valence-corrected chi connectivity index (χ2v) is 5.52. The van der Waals surface area contributed by atoms with Crippen molar-refractivity contribution >= 4 is 11.6 Å². The first-order valence-electron chi connectivity index (χ1n) is 7.26. The van der Waals surface area contributed by atoms with Gasteiger partial charge in [-0.2, -0.15) is 5.10 Å². The molecule has 1 N–H and O–H groups in total. The Hall–Kier alpha value is -1.52. The molecule has 1 unspecified atom stereocenters. The van der Waals surface area contributed by atoms with Crippen LogP contribution in [0.3, 0.4) is 0 Å². The Bertz CT molecular complexity index is 539. The van der Waals surface area contributed by atoms with Gasteiger partial charge in [-0.15, -0.1) is 0 Å². The van der Waals surface area contributed by atoms with E-state index in [1.807, 2.05) is 42.2 Å². The van der Waals surface area contributed by atoms with E-state index in [4.69, 9.17) is 16.3 Å². The number of aromatic nitrogens is 2. The van der Waals surface area contributed by atoms with Crippen molar-refractivity contribution < 1.29 is 4.74 Å². The number of aryl methyl sites for hydroxylation is 2. The number of likely N-dealkylation sites (N-methyl/N-ethyl adjacent to an activating group) is 1. The van der Waals surface area contributed by atoms with Crippen LogP contribution in [0.15, 0.2) is 36.7 Å². The zero-order valence-corrected chi connectivity index (χ0v) is 13.3. The SMILES string of the molecule is CCNC(CCc1cnn(C)c1)COc1ccc(Cl)cc1. The van der Waals surface area contributed by atoms with E-state index in [0.29, 0.717) is 12.6 Å². The molecule has 0 saturated heterocycles. The van der Waals surface area contributed by atoms with Crippen molar-refractivity contribution in [3.8, 4) is 5.75 Å². The van der Waals surface area contributed by atoms with Crippen LogP contribution in [-0.4, -0.2) is 29.0 Å². The van der Waals surface area contributed by atoms with Crippen molar-refractivity contribution in [2.24, 2.45) is 7.05 Å². The van der Waals surface area contributed by atoms with Crippen LogP contribution >= 0.6 is 11.6 Å². The molecule has 2 rings (SSSR count). The Morgan fingerprint density at radius 2 is 2.10 bits per heavy atom. The molecule has 0 aliphatic rings. The maximum atomic E-state index is 5.87. The Morgan fingerprint density at radius 1 is 1.33 bits per heavy atom. The predicted octanol–water partition coefficient (Wildman–Crippen LogP) is 3.06. The Morgan fingerprint density at radius 3 is 2.71 bits per heavy atom. The van der Waals surface area contributed by atoms with Crippen molar-refractivity contribution in [2.75, 3.05) is 13.2 Å². The second kappa shape index (κ2) is 8.05. The van der Waals surface area contributed by atoms with E-state index in [-0.39, 0.29) is 0 Å². The van der Waals surface area contributed by atoms with Crippen LogP contribution in [0.2, 0.25) is 5.02 Å². The lowest BCUT2D eigenvalue weighted by Gasteiger charge is -2.18. The van der Waals surface area contributed by atoms with Gasteiger partial charge in [0, 0.05) is 24.3 Å². The summed E-state index contributed by atoms with van der Waals surface area (Å²) >= 11 is 5.87. The summed E-state index contributed by atoms with van der Waals surface area (Å²) in [5.41, 5.74) is 1.26. The number of halogens is 1. The van der Waals surface area contributed by atoms with Crippen LogP contribution in [0.4, 0.5) is 0 Å². The van der Waals surface area contributed by atoms with Gasteiger partial charge in [0.05, 0.1) is 6.20 Å². The Balaban J connectivity index is 1.82. The van der Waals surface area contributed by atoms with E-state index < -0.39 is 0 Å². The summed E-state index contributed by atoms with van der Waals surface area (Å²) < 4.78 is 7.66. The van der Waals surface area contributed by atoms with Crippen molar-refractivity contribution in [3.05, 3.63) is 47.2 Å².